The number of benzene rings is 1. The summed E-state index contributed by atoms with van der Waals surface area (Å²) in [5.41, 5.74) is -7.45. The molecule has 0 unspecified atom stereocenters. The van der Waals surface area contributed by atoms with Crippen LogP contribution in [0.4, 0.5) is 27.6 Å². The quantitative estimate of drug-likeness (QED) is 0.530. The molecule has 1 aromatic rings. The van der Waals surface area contributed by atoms with Crippen LogP contribution in [0.25, 0.3) is 0 Å². The lowest BCUT2D eigenvalue weighted by Crippen LogP contribution is -2.70. The first-order chi connectivity index (χ1) is 18.6. The average molecular weight is 568 g/mol. The van der Waals surface area contributed by atoms with Crippen LogP contribution < -0.4 is 5.06 Å². The number of alkyl halides is 5. The van der Waals surface area contributed by atoms with Crippen LogP contribution in [0.15, 0.2) is 48.1 Å². The van der Waals surface area contributed by atoms with E-state index < -0.39 is 82.0 Å². The highest BCUT2D eigenvalue weighted by Crippen LogP contribution is 2.72. The summed E-state index contributed by atoms with van der Waals surface area (Å²) in [5, 5.41) is 22.9. The van der Waals surface area contributed by atoms with Crippen molar-refractivity contribution in [3.63, 3.8) is 0 Å². The van der Waals surface area contributed by atoms with Gasteiger partial charge in [0, 0.05) is 22.7 Å². The minimum atomic E-state index is -4.53. The number of anilines is 1. The van der Waals surface area contributed by atoms with Gasteiger partial charge in [0.25, 0.3) is 0 Å². The molecule has 40 heavy (non-hydrogen) atoms. The average Bonchev–Trinajstić information content (AvgIpc) is 3.39. The fraction of sp³-hybridized carbons (Fsp3) is 0.586. The van der Waals surface area contributed by atoms with E-state index in [-0.39, 0.29) is 37.1 Å². The van der Waals surface area contributed by atoms with Crippen LogP contribution in [0.1, 0.15) is 38.7 Å². The fourth-order valence-electron chi connectivity index (χ4n) is 8.84. The number of allylic oxidation sites excluding steroid dienone is 4. The van der Waals surface area contributed by atoms with E-state index in [2.05, 4.69) is 0 Å². The molecule has 4 aliphatic carbocycles. The molecule has 1 heterocycles. The van der Waals surface area contributed by atoms with Crippen molar-refractivity contribution in [2.75, 3.05) is 18.2 Å². The fourth-order valence-corrected chi connectivity index (χ4v) is 8.84. The van der Waals surface area contributed by atoms with Crippen LogP contribution in [0.3, 0.4) is 0 Å². The number of fused-ring (bicyclic) bond motifs is 7. The van der Waals surface area contributed by atoms with Gasteiger partial charge in [-0.2, -0.15) is 13.2 Å². The molecule has 6 nitrogen and oxygen atoms in total. The highest BCUT2D eigenvalue weighted by atomic mass is 19.4. The van der Waals surface area contributed by atoms with Gasteiger partial charge in [0.05, 0.1) is 23.9 Å². The van der Waals surface area contributed by atoms with E-state index in [9.17, 15) is 33.0 Å². The Balaban J connectivity index is 1.40. The minimum Gasteiger partial charge on any atom is -0.390 e. The third kappa shape index (κ3) is 3.25. The Hall–Kier alpha value is -2.63. The summed E-state index contributed by atoms with van der Waals surface area (Å²) in [7, 11) is 0. The number of nitrogens with zero attached hydrogens (tertiary/aromatic N) is 1. The van der Waals surface area contributed by atoms with Crippen molar-refractivity contribution in [2.24, 2.45) is 28.6 Å². The summed E-state index contributed by atoms with van der Waals surface area (Å²) >= 11 is 0. The third-order valence-corrected chi connectivity index (χ3v) is 10.7. The van der Waals surface area contributed by atoms with Gasteiger partial charge in [-0.05, 0) is 74.1 Å². The highest BCUT2D eigenvalue weighted by molar-refractivity contribution is 6.01. The number of Topliss-reactive ketones (excluding diaryl/α,β-unsaturated/α-hetero) is 1. The van der Waals surface area contributed by atoms with E-state index in [4.69, 9.17) is 4.84 Å². The van der Waals surface area contributed by atoms with Crippen LogP contribution in [-0.2, 0) is 20.6 Å². The first-order valence-corrected chi connectivity index (χ1v) is 13.4. The van der Waals surface area contributed by atoms with Crippen molar-refractivity contribution in [1.82, 2.24) is 0 Å². The SMILES string of the molecule is C[C@]12C=CC(=O)C=C1[C@@H](F)C[C@H]1[C@@H]3C[C@H]4CN(c5ccc(C(F)(F)F)cc5)O[C@@]4(C(=O)CO)[C@@]3(C)C[C@H](O)[C@@]12F. The number of rotatable bonds is 3. The number of aliphatic hydroxyl groups is 2. The molecule has 0 radical (unpaired) electrons. The van der Waals surface area contributed by atoms with Crippen molar-refractivity contribution in [2.45, 2.75) is 62.8 Å². The molecule has 5 aliphatic rings. The first kappa shape index (κ1) is 27.5. The zero-order valence-electron chi connectivity index (χ0n) is 21.9. The first-order valence-electron chi connectivity index (χ1n) is 13.4. The summed E-state index contributed by atoms with van der Waals surface area (Å²) in [4.78, 5) is 31.8. The van der Waals surface area contributed by atoms with Gasteiger partial charge in [-0.25, -0.2) is 8.78 Å². The van der Waals surface area contributed by atoms with E-state index in [0.29, 0.717) is 0 Å². The number of carbonyl (C=O) groups is 2. The molecule has 11 heteroatoms. The van der Waals surface area contributed by atoms with E-state index >= 15 is 8.78 Å². The molecular weight excluding hydrogens is 537 g/mol. The van der Waals surface area contributed by atoms with Crippen LogP contribution in [0.5, 0.6) is 0 Å². The number of hydroxylamine groups is 1. The molecule has 4 fully saturated rings. The second-order valence-corrected chi connectivity index (χ2v) is 12.3. The molecular formula is C29H30F5NO5. The summed E-state index contributed by atoms with van der Waals surface area (Å²) in [6, 6.07) is 4.25. The van der Waals surface area contributed by atoms with E-state index in [1.165, 1.54) is 36.3 Å². The molecule has 1 aliphatic heterocycles. The van der Waals surface area contributed by atoms with Crippen LogP contribution in [0, 0.1) is 28.6 Å². The molecule has 2 N–H and O–H groups in total. The smallest absolute Gasteiger partial charge is 0.390 e. The lowest BCUT2D eigenvalue weighted by molar-refractivity contribution is -0.228. The highest BCUT2D eigenvalue weighted by Gasteiger charge is 2.79. The Bertz CT molecular complexity index is 1330. The van der Waals surface area contributed by atoms with Gasteiger partial charge >= 0.3 is 6.18 Å². The molecule has 1 aromatic carbocycles. The molecule has 3 saturated carbocycles. The summed E-state index contributed by atoms with van der Waals surface area (Å²) in [6.45, 7) is 2.34. The molecule has 0 spiro atoms. The normalized spacial score (nSPS) is 44.0. The van der Waals surface area contributed by atoms with Crippen molar-refractivity contribution in [1.29, 1.82) is 0 Å². The second kappa shape index (κ2) is 8.45. The summed E-state index contributed by atoms with van der Waals surface area (Å²) in [5.74, 6) is -3.40. The Morgan fingerprint density at radius 1 is 1.15 bits per heavy atom. The maximum atomic E-state index is 17.4. The number of hydrogen-bond donors (Lipinski definition) is 2. The zero-order chi connectivity index (χ0) is 29.0. The Morgan fingerprint density at radius 3 is 2.45 bits per heavy atom. The Labute approximate surface area is 227 Å². The summed E-state index contributed by atoms with van der Waals surface area (Å²) in [6.07, 6.45) is -4.53. The Kier molecular flexibility index (Phi) is 5.82. The number of carbonyl (C=O) groups excluding carboxylic acids is 2. The van der Waals surface area contributed by atoms with Crippen molar-refractivity contribution in [3.8, 4) is 0 Å². The van der Waals surface area contributed by atoms with E-state index in [0.717, 1.165) is 18.2 Å². The zero-order valence-corrected chi connectivity index (χ0v) is 21.9. The van der Waals surface area contributed by atoms with E-state index in [1.54, 1.807) is 6.92 Å². The standard InChI is InChI=1S/C29H30F5NO5/c1-25-8-7-18(37)10-21(25)22(30)11-20-19-9-16-13-35(17-5-3-15(4-6-17)29(32,33)34)40-28(16,24(39)14-36)26(19,2)12-23(38)27(20,25)31/h3-8,10,16,19-20,22-23,36,38H,9,11-14H2,1-2H3/t16-,19-,20-,22-,23-,25-,26-,27-,28-/m0/s1. The lowest BCUT2D eigenvalue weighted by atomic mass is 9.44. The maximum Gasteiger partial charge on any atom is 0.416 e. The topological polar surface area (TPSA) is 87.1 Å². The van der Waals surface area contributed by atoms with Crippen molar-refractivity contribution >= 4 is 17.3 Å². The molecule has 216 valence electrons. The largest absolute Gasteiger partial charge is 0.416 e. The van der Waals surface area contributed by atoms with Gasteiger partial charge in [-0.1, -0.05) is 13.0 Å². The van der Waals surface area contributed by atoms with Crippen LogP contribution >= 0.6 is 0 Å². The molecule has 1 saturated heterocycles. The Morgan fingerprint density at radius 2 is 1.82 bits per heavy atom. The van der Waals surface area contributed by atoms with Gasteiger partial charge in [0.15, 0.2) is 22.8 Å². The predicted molar refractivity (Wildman–Crippen MR) is 132 cm³/mol. The molecule has 0 bridgehead atoms. The third-order valence-electron chi connectivity index (χ3n) is 10.7. The van der Waals surface area contributed by atoms with Gasteiger partial charge in [0.2, 0.25) is 0 Å². The second-order valence-electron chi connectivity index (χ2n) is 12.3. The molecule has 0 amide bonds. The van der Waals surface area contributed by atoms with Gasteiger partial charge in [-0.15, -0.1) is 0 Å². The van der Waals surface area contributed by atoms with E-state index in [1.807, 2.05) is 0 Å². The maximum absolute atomic E-state index is 17.4. The predicted octanol–water partition coefficient (Wildman–Crippen LogP) is 4.30. The minimum absolute atomic E-state index is 0.00882. The van der Waals surface area contributed by atoms with Crippen molar-refractivity contribution < 1.29 is 46.6 Å². The number of hydrogen-bond acceptors (Lipinski definition) is 6. The van der Waals surface area contributed by atoms with Crippen LogP contribution in [0.2, 0.25) is 0 Å². The van der Waals surface area contributed by atoms with Crippen LogP contribution in [-0.4, -0.2) is 58.5 Å². The molecule has 9 atom stereocenters. The molecule has 6 rings (SSSR count). The number of aliphatic hydroxyl groups excluding tert-OH is 2. The number of halogens is 5. The number of ketones is 2. The van der Waals surface area contributed by atoms with Gasteiger partial charge < -0.3 is 10.2 Å². The van der Waals surface area contributed by atoms with Crippen molar-refractivity contribution in [3.05, 3.63) is 53.6 Å². The summed E-state index contributed by atoms with van der Waals surface area (Å²) < 4.78 is 72.3. The van der Waals surface area contributed by atoms with Gasteiger partial charge in [0.1, 0.15) is 12.8 Å². The van der Waals surface area contributed by atoms with Gasteiger partial charge in [-0.3, -0.25) is 19.5 Å². The lowest BCUT2D eigenvalue weighted by Gasteiger charge is -2.63. The monoisotopic (exact) mass is 567 g/mol. The molecule has 0 aromatic heterocycles.